The molecule has 0 aliphatic carbocycles. The highest BCUT2D eigenvalue weighted by Crippen LogP contribution is 2.29. The fourth-order valence-corrected chi connectivity index (χ4v) is 4.72. The van der Waals surface area contributed by atoms with E-state index in [4.69, 9.17) is 9.84 Å². The molecule has 8 nitrogen and oxygen atoms in total. The van der Waals surface area contributed by atoms with Gasteiger partial charge in [0.15, 0.2) is 0 Å². The second-order valence-electron chi connectivity index (χ2n) is 6.46. The quantitative estimate of drug-likeness (QED) is 0.725. The van der Waals surface area contributed by atoms with Gasteiger partial charge in [-0.05, 0) is 37.5 Å². The number of hydrogen-bond acceptors (Lipinski definition) is 5. The van der Waals surface area contributed by atoms with Gasteiger partial charge in [0.25, 0.3) is 5.91 Å². The number of carboxylic acids is 1. The minimum atomic E-state index is -3.82. The third kappa shape index (κ3) is 4.98. The molecule has 1 amide bonds. The van der Waals surface area contributed by atoms with Crippen molar-refractivity contribution in [3.63, 3.8) is 0 Å². The smallest absolute Gasteiger partial charge is 0.326 e. The van der Waals surface area contributed by atoms with E-state index in [1.165, 1.54) is 29.6 Å². The summed E-state index contributed by atoms with van der Waals surface area (Å²) in [4.78, 5) is 23.4. The molecule has 0 saturated carbocycles. The van der Waals surface area contributed by atoms with Gasteiger partial charge in [0.1, 0.15) is 16.7 Å². The van der Waals surface area contributed by atoms with Gasteiger partial charge in [-0.15, -0.1) is 0 Å². The topological polar surface area (TPSA) is 113 Å². The van der Waals surface area contributed by atoms with E-state index in [0.717, 1.165) is 25.7 Å². The fourth-order valence-electron chi connectivity index (χ4n) is 3.02. The second-order valence-corrected chi connectivity index (χ2v) is 8.36. The largest absolute Gasteiger partial charge is 0.495 e. The molecule has 0 spiro atoms. The first kappa shape index (κ1) is 21.2. The number of ether oxygens (including phenoxy) is 1. The number of benzene rings is 1. The van der Waals surface area contributed by atoms with E-state index in [9.17, 15) is 18.0 Å². The van der Waals surface area contributed by atoms with Gasteiger partial charge in [-0.1, -0.05) is 19.8 Å². The van der Waals surface area contributed by atoms with Gasteiger partial charge in [0, 0.05) is 18.7 Å². The van der Waals surface area contributed by atoms with Crippen LogP contribution in [-0.4, -0.2) is 55.9 Å². The molecule has 1 saturated heterocycles. The van der Waals surface area contributed by atoms with Crippen LogP contribution in [0.2, 0.25) is 0 Å². The number of nitrogens with zero attached hydrogens (tertiary/aromatic N) is 1. The molecule has 2 rings (SSSR count). The van der Waals surface area contributed by atoms with Gasteiger partial charge in [0.05, 0.1) is 7.11 Å². The Morgan fingerprint density at radius 1 is 1.22 bits per heavy atom. The van der Waals surface area contributed by atoms with Gasteiger partial charge in [-0.3, -0.25) is 4.79 Å². The number of methoxy groups -OCH3 is 1. The van der Waals surface area contributed by atoms with Gasteiger partial charge in [0.2, 0.25) is 10.0 Å². The second kappa shape index (κ2) is 9.18. The SMILES string of the molecule is CCC(NC(=O)c1ccc(OC)c(S(=O)(=O)N2CCCCCC2)c1)C(=O)O. The Labute approximate surface area is 159 Å². The Balaban J connectivity index is 2.36. The molecule has 1 unspecified atom stereocenters. The molecule has 0 radical (unpaired) electrons. The molecule has 1 atom stereocenters. The van der Waals surface area contributed by atoms with E-state index in [-0.39, 0.29) is 22.6 Å². The molecule has 0 aromatic heterocycles. The summed E-state index contributed by atoms with van der Waals surface area (Å²) in [5.41, 5.74) is 0.0731. The highest BCUT2D eigenvalue weighted by atomic mass is 32.2. The van der Waals surface area contributed by atoms with Crippen LogP contribution in [0.15, 0.2) is 23.1 Å². The first-order chi connectivity index (χ1) is 12.8. The van der Waals surface area contributed by atoms with Gasteiger partial charge < -0.3 is 15.2 Å². The van der Waals surface area contributed by atoms with E-state index in [0.29, 0.717) is 13.1 Å². The number of aliphatic carboxylic acids is 1. The Morgan fingerprint density at radius 2 is 1.85 bits per heavy atom. The van der Waals surface area contributed by atoms with Crippen molar-refractivity contribution in [3.05, 3.63) is 23.8 Å². The summed E-state index contributed by atoms with van der Waals surface area (Å²) in [6.45, 7) is 2.50. The predicted octanol–water partition coefficient (Wildman–Crippen LogP) is 1.85. The zero-order valence-electron chi connectivity index (χ0n) is 15.6. The minimum absolute atomic E-state index is 0.0731. The lowest BCUT2D eigenvalue weighted by molar-refractivity contribution is -0.139. The molecule has 1 aliphatic heterocycles. The maximum Gasteiger partial charge on any atom is 0.326 e. The van der Waals surface area contributed by atoms with E-state index in [1.54, 1.807) is 6.92 Å². The first-order valence-corrected chi connectivity index (χ1v) is 10.5. The highest BCUT2D eigenvalue weighted by Gasteiger charge is 2.29. The Morgan fingerprint density at radius 3 is 2.37 bits per heavy atom. The number of amides is 1. The molecule has 1 fully saturated rings. The lowest BCUT2D eigenvalue weighted by atomic mass is 10.1. The molecule has 150 valence electrons. The summed E-state index contributed by atoms with van der Waals surface area (Å²) >= 11 is 0. The summed E-state index contributed by atoms with van der Waals surface area (Å²) in [7, 11) is -2.45. The summed E-state index contributed by atoms with van der Waals surface area (Å²) < 4.78 is 32.8. The maximum atomic E-state index is 13.1. The van der Waals surface area contributed by atoms with Crippen molar-refractivity contribution in [2.24, 2.45) is 0 Å². The number of rotatable bonds is 7. The van der Waals surface area contributed by atoms with Crippen molar-refractivity contribution in [2.45, 2.75) is 50.0 Å². The predicted molar refractivity (Wildman–Crippen MR) is 99.4 cm³/mol. The lowest BCUT2D eigenvalue weighted by Gasteiger charge is -2.22. The monoisotopic (exact) mass is 398 g/mol. The van der Waals surface area contributed by atoms with E-state index in [2.05, 4.69) is 5.32 Å². The molecule has 1 aromatic carbocycles. The van der Waals surface area contributed by atoms with Crippen molar-refractivity contribution >= 4 is 21.9 Å². The van der Waals surface area contributed by atoms with Crippen LogP contribution in [0, 0.1) is 0 Å². The first-order valence-electron chi connectivity index (χ1n) is 9.03. The van der Waals surface area contributed by atoms with Crippen LogP contribution < -0.4 is 10.1 Å². The maximum absolute atomic E-state index is 13.1. The number of carbonyl (C=O) groups excluding carboxylic acids is 1. The minimum Gasteiger partial charge on any atom is -0.495 e. The zero-order chi connectivity index (χ0) is 20.0. The summed E-state index contributed by atoms with van der Waals surface area (Å²) in [6.07, 6.45) is 3.77. The normalized spacial score (nSPS) is 17.0. The third-order valence-corrected chi connectivity index (χ3v) is 6.54. The Kier molecular flexibility index (Phi) is 7.20. The molecular weight excluding hydrogens is 372 g/mol. The van der Waals surface area contributed by atoms with E-state index < -0.39 is 27.9 Å². The van der Waals surface area contributed by atoms with E-state index >= 15 is 0 Å². The van der Waals surface area contributed by atoms with Gasteiger partial charge in [-0.25, -0.2) is 13.2 Å². The number of hydrogen-bond donors (Lipinski definition) is 2. The standard InChI is InChI=1S/C18H26N2O6S/c1-3-14(18(22)23)19-17(21)13-8-9-15(26-2)16(12-13)27(24,25)20-10-6-4-5-7-11-20/h8-9,12,14H,3-7,10-11H2,1-2H3,(H,19,21)(H,22,23). The number of carboxylic acid groups (broad SMARTS) is 1. The number of sulfonamides is 1. The van der Waals surface area contributed by atoms with Crippen LogP contribution in [0.4, 0.5) is 0 Å². The molecule has 1 aromatic rings. The third-order valence-electron chi connectivity index (χ3n) is 4.62. The molecule has 27 heavy (non-hydrogen) atoms. The van der Waals surface area contributed by atoms with Crippen molar-refractivity contribution in [1.29, 1.82) is 0 Å². The fraction of sp³-hybridized carbons (Fsp3) is 0.556. The van der Waals surface area contributed by atoms with Crippen LogP contribution in [0.1, 0.15) is 49.4 Å². The van der Waals surface area contributed by atoms with Crippen molar-refractivity contribution in [1.82, 2.24) is 9.62 Å². The molecule has 9 heteroatoms. The summed E-state index contributed by atoms with van der Waals surface area (Å²) in [5, 5.41) is 11.5. The van der Waals surface area contributed by atoms with Gasteiger partial charge >= 0.3 is 5.97 Å². The summed E-state index contributed by atoms with van der Waals surface area (Å²) in [6, 6.07) is 3.05. The van der Waals surface area contributed by atoms with Crippen LogP contribution in [-0.2, 0) is 14.8 Å². The molecular formula is C18H26N2O6S. The van der Waals surface area contributed by atoms with Crippen LogP contribution in [0.25, 0.3) is 0 Å². The average Bonchev–Trinajstić information content (AvgIpc) is 2.95. The zero-order valence-corrected chi connectivity index (χ0v) is 16.4. The average molecular weight is 398 g/mol. The van der Waals surface area contributed by atoms with Crippen LogP contribution in [0.5, 0.6) is 5.75 Å². The Hall–Kier alpha value is -2.13. The van der Waals surface area contributed by atoms with Crippen LogP contribution >= 0.6 is 0 Å². The van der Waals surface area contributed by atoms with Crippen molar-refractivity contribution in [2.75, 3.05) is 20.2 Å². The van der Waals surface area contributed by atoms with Crippen molar-refractivity contribution in [3.8, 4) is 5.75 Å². The molecule has 1 aliphatic rings. The van der Waals surface area contributed by atoms with E-state index in [1.807, 2.05) is 0 Å². The molecule has 2 N–H and O–H groups in total. The van der Waals surface area contributed by atoms with Crippen molar-refractivity contribution < 1.29 is 27.9 Å². The molecule has 1 heterocycles. The highest BCUT2D eigenvalue weighted by molar-refractivity contribution is 7.89. The number of nitrogens with one attached hydrogen (secondary N) is 1. The lowest BCUT2D eigenvalue weighted by Crippen LogP contribution is -2.40. The summed E-state index contributed by atoms with van der Waals surface area (Å²) in [5.74, 6) is -1.63. The van der Waals surface area contributed by atoms with Crippen LogP contribution in [0.3, 0.4) is 0 Å². The Bertz CT molecular complexity index is 785. The molecule has 0 bridgehead atoms. The van der Waals surface area contributed by atoms with Gasteiger partial charge in [-0.2, -0.15) is 4.31 Å². The number of carbonyl (C=O) groups is 2.